The third-order valence-electron chi connectivity index (χ3n) is 7.26. The summed E-state index contributed by atoms with van der Waals surface area (Å²) in [4.78, 5) is 22.7. The van der Waals surface area contributed by atoms with Crippen molar-refractivity contribution in [2.45, 2.75) is 53.8 Å². The van der Waals surface area contributed by atoms with E-state index >= 15 is 0 Å². The first-order chi connectivity index (χ1) is 20.2. The molecule has 1 N–H and O–H groups in total. The van der Waals surface area contributed by atoms with E-state index in [-0.39, 0.29) is 45.1 Å². The van der Waals surface area contributed by atoms with Gasteiger partial charge in [-0.2, -0.15) is 21.6 Å². The van der Waals surface area contributed by atoms with Crippen LogP contribution in [-0.4, -0.2) is 46.4 Å². The number of halogens is 3. The fourth-order valence-corrected chi connectivity index (χ4v) is 7.93. The zero-order valence-electron chi connectivity index (χ0n) is 22.2. The van der Waals surface area contributed by atoms with Crippen LogP contribution in [0.5, 0.6) is 0 Å². The molecule has 2 aliphatic rings. The lowest BCUT2D eigenvalue weighted by molar-refractivity contribution is -0.384. The number of nitro groups is 1. The highest BCUT2D eigenvalue weighted by Gasteiger charge is 2.39. The summed E-state index contributed by atoms with van der Waals surface area (Å²) in [6.07, 6.45) is -4.25. The number of fused-ring (bicyclic) bond motifs is 3. The molecule has 1 saturated carbocycles. The molecule has 0 unspecified atom stereocenters. The van der Waals surface area contributed by atoms with Gasteiger partial charge in [-0.3, -0.25) is 23.4 Å². The first-order valence-corrected chi connectivity index (χ1v) is 15.8. The molecule has 3 aromatic carbocycles. The van der Waals surface area contributed by atoms with Crippen molar-refractivity contribution in [2.24, 2.45) is 0 Å². The predicted molar refractivity (Wildman–Crippen MR) is 147 cm³/mol. The molecule has 1 fully saturated rings. The zero-order valence-corrected chi connectivity index (χ0v) is 23.8. The van der Waals surface area contributed by atoms with Crippen molar-refractivity contribution in [1.29, 1.82) is 0 Å². The number of nitrogens with one attached hydrogen (secondary N) is 1. The maximum Gasteiger partial charge on any atom is 0.416 e. The van der Waals surface area contributed by atoms with Gasteiger partial charge in [0, 0.05) is 29.3 Å². The number of anilines is 1. The van der Waals surface area contributed by atoms with E-state index in [2.05, 4.69) is 5.32 Å². The average Bonchev–Trinajstić information content (AvgIpc) is 2.95. The van der Waals surface area contributed by atoms with Gasteiger partial charge in [-0.05, 0) is 62.1 Å². The summed E-state index contributed by atoms with van der Waals surface area (Å²) in [7, 11) is -8.47. The van der Waals surface area contributed by atoms with Gasteiger partial charge in [0.05, 0.1) is 32.1 Å². The van der Waals surface area contributed by atoms with Crippen LogP contribution < -0.4 is 9.62 Å². The van der Waals surface area contributed by atoms with Crippen molar-refractivity contribution in [3.05, 3.63) is 82.4 Å². The Hall–Kier alpha value is -4.02. The molecule has 16 heteroatoms. The van der Waals surface area contributed by atoms with Crippen LogP contribution in [0.4, 0.5) is 24.5 Å². The number of rotatable bonds is 7. The van der Waals surface area contributed by atoms with Gasteiger partial charge in [-0.25, -0.2) is 8.42 Å². The Morgan fingerprint density at radius 1 is 1.00 bits per heavy atom. The van der Waals surface area contributed by atoms with Gasteiger partial charge in [-0.1, -0.05) is 18.2 Å². The van der Waals surface area contributed by atoms with Crippen molar-refractivity contribution in [3.8, 4) is 11.1 Å². The number of non-ortho nitro benzene ring substituents is 1. The standard InChI is InChI=1S/C27H24F3N3O8S2/c28-27(29,30)17-5-14-24-23(15-17)22-3-1-2-4-25(22)42(37,38)32(24)16-26(34)31-18-6-10-20(11-7-18)41-43(39,40)21-12-8-19(9-13-21)33(35)36/h1-5,8-9,12-15,18,20H,6-7,10-11,16H2,(H,31,34). The molecular weight excluding hydrogens is 615 g/mol. The molecule has 0 atom stereocenters. The molecule has 1 heterocycles. The lowest BCUT2D eigenvalue weighted by Crippen LogP contribution is -2.46. The van der Waals surface area contributed by atoms with Gasteiger partial charge >= 0.3 is 6.18 Å². The molecule has 1 aliphatic carbocycles. The maximum absolute atomic E-state index is 13.4. The first kappa shape index (κ1) is 30.4. The van der Waals surface area contributed by atoms with Gasteiger partial charge < -0.3 is 5.32 Å². The van der Waals surface area contributed by atoms with Crippen molar-refractivity contribution >= 4 is 37.4 Å². The van der Waals surface area contributed by atoms with Gasteiger partial charge in [0.25, 0.3) is 25.8 Å². The highest BCUT2D eigenvalue weighted by molar-refractivity contribution is 7.93. The van der Waals surface area contributed by atoms with Crippen LogP contribution in [0.15, 0.2) is 76.5 Å². The highest BCUT2D eigenvalue weighted by atomic mass is 32.2. The van der Waals surface area contributed by atoms with Gasteiger partial charge in [-0.15, -0.1) is 0 Å². The maximum atomic E-state index is 13.4. The number of nitro benzene ring substituents is 1. The second kappa shape index (κ2) is 11.2. The van der Waals surface area contributed by atoms with Gasteiger partial charge in [0.15, 0.2) is 0 Å². The molecule has 0 saturated heterocycles. The Morgan fingerprint density at radius 3 is 2.28 bits per heavy atom. The number of carbonyl (C=O) groups is 1. The summed E-state index contributed by atoms with van der Waals surface area (Å²) >= 11 is 0. The fourth-order valence-electron chi connectivity index (χ4n) is 5.15. The minimum atomic E-state index is -4.66. The second-order valence-corrected chi connectivity index (χ2v) is 13.5. The van der Waals surface area contributed by atoms with Crippen molar-refractivity contribution in [3.63, 3.8) is 0 Å². The molecule has 0 radical (unpaired) electrons. The van der Waals surface area contributed by atoms with Gasteiger partial charge in [0.2, 0.25) is 5.91 Å². The van der Waals surface area contributed by atoms with E-state index in [0.717, 1.165) is 46.8 Å². The number of carbonyl (C=O) groups excluding carboxylic acids is 1. The molecule has 11 nitrogen and oxygen atoms in total. The summed E-state index contributed by atoms with van der Waals surface area (Å²) in [6, 6.07) is 12.1. The minimum Gasteiger partial charge on any atom is -0.352 e. The van der Waals surface area contributed by atoms with Crippen LogP contribution in [0.2, 0.25) is 0 Å². The fraction of sp³-hybridized carbons (Fsp3) is 0.296. The number of nitrogens with zero attached hydrogens (tertiary/aromatic N) is 2. The Labute approximate surface area is 244 Å². The third kappa shape index (κ3) is 6.21. The molecule has 3 aromatic rings. The van der Waals surface area contributed by atoms with E-state index in [4.69, 9.17) is 4.18 Å². The van der Waals surface area contributed by atoms with Crippen LogP contribution in [0.25, 0.3) is 11.1 Å². The molecule has 5 rings (SSSR count). The topological polar surface area (TPSA) is 153 Å². The molecule has 0 spiro atoms. The molecule has 0 aromatic heterocycles. The Bertz CT molecular complexity index is 1790. The third-order valence-corrected chi connectivity index (χ3v) is 10.5. The average molecular weight is 640 g/mol. The number of hydrogen-bond donors (Lipinski definition) is 1. The van der Waals surface area contributed by atoms with Crippen molar-refractivity contribution in [1.82, 2.24) is 5.32 Å². The molecule has 1 aliphatic heterocycles. The SMILES string of the molecule is O=C(CN1c2ccc(C(F)(F)F)cc2-c2ccccc2S1(=O)=O)NC1CCC(OS(=O)(=O)c2ccc([N+](=O)[O-])cc2)CC1. The first-order valence-electron chi connectivity index (χ1n) is 13.0. The monoisotopic (exact) mass is 639 g/mol. The lowest BCUT2D eigenvalue weighted by atomic mass is 9.93. The summed E-state index contributed by atoms with van der Waals surface area (Å²) in [5.74, 6) is -0.684. The molecule has 228 valence electrons. The highest BCUT2D eigenvalue weighted by Crippen LogP contribution is 2.45. The van der Waals surface area contributed by atoms with Crippen LogP contribution >= 0.6 is 0 Å². The van der Waals surface area contributed by atoms with E-state index in [9.17, 15) is 44.9 Å². The Morgan fingerprint density at radius 2 is 1.65 bits per heavy atom. The van der Waals surface area contributed by atoms with Gasteiger partial charge in [0.1, 0.15) is 6.54 Å². The molecule has 43 heavy (non-hydrogen) atoms. The van der Waals surface area contributed by atoms with Crippen LogP contribution in [-0.2, 0) is 35.3 Å². The minimum absolute atomic E-state index is 0.0277. The second-order valence-electron chi connectivity index (χ2n) is 10.1. The summed E-state index contributed by atoms with van der Waals surface area (Å²) in [5.41, 5.74) is -1.16. The smallest absolute Gasteiger partial charge is 0.352 e. The lowest BCUT2D eigenvalue weighted by Gasteiger charge is -2.33. The molecular formula is C27H24F3N3O8S2. The van der Waals surface area contributed by atoms with Crippen molar-refractivity contribution in [2.75, 3.05) is 10.8 Å². The Kier molecular flexibility index (Phi) is 7.96. The normalized spacial score (nSPS) is 19.7. The van der Waals surface area contributed by atoms with E-state index in [1.807, 2.05) is 0 Å². The number of sulfonamides is 1. The summed E-state index contributed by atoms with van der Waals surface area (Å²) in [6.45, 7) is -0.681. The van der Waals surface area contributed by atoms with Crippen molar-refractivity contribution < 1.29 is 43.9 Å². The van der Waals surface area contributed by atoms with E-state index < -0.39 is 61.4 Å². The van der Waals surface area contributed by atoms with Crippen LogP contribution in [0.3, 0.4) is 0 Å². The largest absolute Gasteiger partial charge is 0.416 e. The van der Waals surface area contributed by atoms with Crippen LogP contribution in [0, 0.1) is 10.1 Å². The Balaban J connectivity index is 1.25. The van der Waals surface area contributed by atoms with E-state index in [1.54, 1.807) is 0 Å². The zero-order chi connectivity index (χ0) is 31.2. The number of amides is 1. The number of benzene rings is 3. The summed E-state index contributed by atoms with van der Waals surface area (Å²) in [5, 5.41) is 13.5. The van der Waals surface area contributed by atoms with E-state index in [0.29, 0.717) is 12.8 Å². The number of alkyl halides is 3. The quantitative estimate of drug-likeness (QED) is 0.223. The van der Waals surface area contributed by atoms with E-state index in [1.165, 1.54) is 24.3 Å². The number of hydrogen-bond acceptors (Lipinski definition) is 8. The summed E-state index contributed by atoms with van der Waals surface area (Å²) < 4.78 is 98.5. The van der Waals surface area contributed by atoms with Crippen LogP contribution in [0.1, 0.15) is 31.2 Å². The molecule has 1 amide bonds. The molecule has 0 bridgehead atoms. The predicted octanol–water partition coefficient (Wildman–Crippen LogP) is 4.62.